The molecule has 0 radical (unpaired) electrons. The van der Waals surface area contributed by atoms with Crippen molar-refractivity contribution in [1.82, 2.24) is 15.0 Å². The van der Waals surface area contributed by atoms with E-state index in [1.807, 2.05) is 48.5 Å². The fourth-order valence-electron chi connectivity index (χ4n) is 2.90. The smallest absolute Gasteiger partial charge is 0.274 e. The minimum Gasteiger partial charge on any atom is -0.338 e. The van der Waals surface area contributed by atoms with Crippen molar-refractivity contribution >= 4 is 23.7 Å². The molecule has 7 heteroatoms. The molecule has 0 saturated heterocycles. The average Bonchev–Trinajstić information content (AvgIpc) is 3.25. The van der Waals surface area contributed by atoms with Gasteiger partial charge in [0, 0.05) is 28.7 Å². The SMILES string of the molecule is O=CNc1cccc(-c2cnc(-c3cccc(NC(=O)c4ccccn4)c3)[nH]2)c1. The molecule has 0 saturated carbocycles. The Morgan fingerprint density at radius 2 is 1.69 bits per heavy atom. The summed E-state index contributed by atoms with van der Waals surface area (Å²) in [7, 11) is 0. The van der Waals surface area contributed by atoms with Gasteiger partial charge in [0.1, 0.15) is 11.5 Å². The second-order valence-corrected chi connectivity index (χ2v) is 6.24. The van der Waals surface area contributed by atoms with Gasteiger partial charge in [-0.2, -0.15) is 0 Å². The summed E-state index contributed by atoms with van der Waals surface area (Å²) in [6.45, 7) is 0. The van der Waals surface area contributed by atoms with E-state index in [2.05, 4.69) is 25.6 Å². The largest absolute Gasteiger partial charge is 0.338 e. The molecule has 2 aromatic carbocycles. The van der Waals surface area contributed by atoms with E-state index in [0.717, 1.165) is 16.8 Å². The van der Waals surface area contributed by atoms with Crippen LogP contribution in [0.4, 0.5) is 11.4 Å². The van der Waals surface area contributed by atoms with Crippen LogP contribution >= 0.6 is 0 Å². The highest BCUT2D eigenvalue weighted by Crippen LogP contribution is 2.25. The Morgan fingerprint density at radius 3 is 2.48 bits per heavy atom. The summed E-state index contributed by atoms with van der Waals surface area (Å²) in [5, 5.41) is 5.48. The van der Waals surface area contributed by atoms with Gasteiger partial charge in [-0.3, -0.25) is 14.6 Å². The lowest BCUT2D eigenvalue weighted by Gasteiger charge is -2.06. The number of H-pyrrole nitrogens is 1. The maximum absolute atomic E-state index is 12.3. The van der Waals surface area contributed by atoms with E-state index in [9.17, 15) is 9.59 Å². The number of hydrogen-bond donors (Lipinski definition) is 3. The van der Waals surface area contributed by atoms with Crippen LogP contribution in [0.15, 0.2) is 79.1 Å². The lowest BCUT2D eigenvalue weighted by atomic mass is 10.1. The second-order valence-electron chi connectivity index (χ2n) is 6.24. The van der Waals surface area contributed by atoms with E-state index in [0.29, 0.717) is 29.3 Å². The number of amides is 2. The van der Waals surface area contributed by atoms with Crippen LogP contribution in [0.25, 0.3) is 22.6 Å². The third kappa shape index (κ3) is 4.19. The van der Waals surface area contributed by atoms with Gasteiger partial charge in [0.2, 0.25) is 6.41 Å². The molecule has 3 N–H and O–H groups in total. The topological polar surface area (TPSA) is 99.8 Å². The normalized spacial score (nSPS) is 10.3. The number of benzene rings is 2. The molecule has 0 bridgehead atoms. The van der Waals surface area contributed by atoms with E-state index in [1.165, 1.54) is 0 Å². The van der Waals surface area contributed by atoms with Crippen molar-refractivity contribution in [3.05, 3.63) is 84.8 Å². The number of carbonyl (C=O) groups excluding carboxylic acids is 2. The zero-order valence-corrected chi connectivity index (χ0v) is 15.3. The van der Waals surface area contributed by atoms with Crippen LogP contribution in [0.1, 0.15) is 10.5 Å². The lowest BCUT2D eigenvalue weighted by Crippen LogP contribution is -2.13. The Kier molecular flexibility index (Phi) is 5.11. The number of aromatic nitrogens is 3. The number of nitrogens with one attached hydrogen (secondary N) is 3. The molecular formula is C22H17N5O2. The van der Waals surface area contributed by atoms with Gasteiger partial charge >= 0.3 is 0 Å². The monoisotopic (exact) mass is 383 g/mol. The molecule has 2 amide bonds. The Hall–Kier alpha value is -4.26. The summed E-state index contributed by atoms with van der Waals surface area (Å²) in [5.41, 5.74) is 4.24. The predicted octanol–water partition coefficient (Wildman–Crippen LogP) is 3.96. The van der Waals surface area contributed by atoms with Crippen molar-refractivity contribution in [3.8, 4) is 22.6 Å². The molecule has 0 spiro atoms. The van der Waals surface area contributed by atoms with Crippen molar-refractivity contribution in [2.75, 3.05) is 10.6 Å². The van der Waals surface area contributed by atoms with Gasteiger partial charge in [-0.05, 0) is 36.4 Å². The molecule has 29 heavy (non-hydrogen) atoms. The fraction of sp³-hybridized carbons (Fsp3) is 0. The van der Waals surface area contributed by atoms with Crippen LogP contribution in [0.2, 0.25) is 0 Å². The predicted molar refractivity (Wildman–Crippen MR) is 111 cm³/mol. The van der Waals surface area contributed by atoms with Gasteiger partial charge in [-0.25, -0.2) is 4.98 Å². The molecule has 0 aliphatic heterocycles. The van der Waals surface area contributed by atoms with E-state index in [-0.39, 0.29) is 5.91 Å². The quantitative estimate of drug-likeness (QED) is 0.439. The van der Waals surface area contributed by atoms with Crippen LogP contribution in [0.5, 0.6) is 0 Å². The Bertz CT molecular complexity index is 1150. The van der Waals surface area contributed by atoms with Crippen LogP contribution in [-0.4, -0.2) is 27.3 Å². The maximum atomic E-state index is 12.3. The summed E-state index contributed by atoms with van der Waals surface area (Å²) >= 11 is 0. The van der Waals surface area contributed by atoms with Crippen LogP contribution in [-0.2, 0) is 4.79 Å². The number of hydrogen-bond acceptors (Lipinski definition) is 4. The number of nitrogens with zero attached hydrogens (tertiary/aromatic N) is 2. The molecule has 0 unspecified atom stereocenters. The number of anilines is 2. The number of rotatable bonds is 6. The molecule has 0 atom stereocenters. The first-order valence-corrected chi connectivity index (χ1v) is 8.91. The van der Waals surface area contributed by atoms with Crippen molar-refractivity contribution in [3.63, 3.8) is 0 Å². The number of pyridine rings is 1. The van der Waals surface area contributed by atoms with E-state index in [1.54, 1.807) is 30.6 Å². The highest BCUT2D eigenvalue weighted by atomic mass is 16.2. The lowest BCUT2D eigenvalue weighted by molar-refractivity contribution is -0.105. The van der Waals surface area contributed by atoms with Crippen LogP contribution in [0.3, 0.4) is 0 Å². The van der Waals surface area contributed by atoms with Gasteiger partial charge in [-0.15, -0.1) is 0 Å². The molecule has 0 aliphatic carbocycles. The third-order valence-corrected chi connectivity index (χ3v) is 4.27. The zero-order chi connectivity index (χ0) is 20.1. The van der Waals surface area contributed by atoms with E-state index >= 15 is 0 Å². The van der Waals surface area contributed by atoms with Crippen molar-refractivity contribution < 1.29 is 9.59 Å². The molecule has 0 fully saturated rings. The summed E-state index contributed by atoms with van der Waals surface area (Å²) in [4.78, 5) is 34.7. The minimum absolute atomic E-state index is 0.276. The summed E-state index contributed by atoms with van der Waals surface area (Å²) in [5.74, 6) is 0.394. The van der Waals surface area contributed by atoms with Gasteiger partial charge in [0.15, 0.2) is 0 Å². The summed E-state index contributed by atoms with van der Waals surface area (Å²) in [6.07, 6.45) is 3.95. The molecular weight excluding hydrogens is 366 g/mol. The number of imidazole rings is 1. The number of aromatic amines is 1. The second kappa shape index (κ2) is 8.18. The van der Waals surface area contributed by atoms with E-state index in [4.69, 9.17) is 0 Å². The highest BCUT2D eigenvalue weighted by molar-refractivity contribution is 6.03. The zero-order valence-electron chi connectivity index (χ0n) is 15.3. The molecule has 0 aliphatic rings. The molecule has 2 aromatic heterocycles. The maximum Gasteiger partial charge on any atom is 0.274 e. The molecule has 2 heterocycles. The molecule has 7 nitrogen and oxygen atoms in total. The fourth-order valence-corrected chi connectivity index (χ4v) is 2.90. The van der Waals surface area contributed by atoms with Gasteiger partial charge in [0.25, 0.3) is 5.91 Å². The Morgan fingerprint density at radius 1 is 0.897 bits per heavy atom. The Balaban J connectivity index is 1.55. The highest BCUT2D eigenvalue weighted by Gasteiger charge is 2.10. The summed E-state index contributed by atoms with van der Waals surface area (Å²) in [6, 6.07) is 20.0. The first-order valence-electron chi connectivity index (χ1n) is 8.91. The summed E-state index contributed by atoms with van der Waals surface area (Å²) < 4.78 is 0. The average molecular weight is 383 g/mol. The van der Waals surface area contributed by atoms with Crippen molar-refractivity contribution in [1.29, 1.82) is 0 Å². The molecule has 4 aromatic rings. The Labute approximate surface area is 166 Å². The first kappa shape index (κ1) is 18.1. The first-order chi connectivity index (χ1) is 14.2. The van der Waals surface area contributed by atoms with Crippen LogP contribution < -0.4 is 10.6 Å². The standard InChI is InChI=1S/C22H17N5O2/c28-14-25-17-7-3-5-15(11-17)20-13-24-21(27-20)16-6-4-8-18(12-16)26-22(29)19-9-1-2-10-23-19/h1-14H,(H,24,27)(H,25,28)(H,26,29). The molecule has 142 valence electrons. The van der Waals surface area contributed by atoms with Gasteiger partial charge in [-0.1, -0.05) is 30.3 Å². The van der Waals surface area contributed by atoms with Crippen molar-refractivity contribution in [2.24, 2.45) is 0 Å². The van der Waals surface area contributed by atoms with E-state index < -0.39 is 0 Å². The molecule has 4 rings (SSSR count). The third-order valence-electron chi connectivity index (χ3n) is 4.27. The van der Waals surface area contributed by atoms with Gasteiger partial charge < -0.3 is 15.6 Å². The van der Waals surface area contributed by atoms with Crippen LogP contribution in [0, 0.1) is 0 Å². The van der Waals surface area contributed by atoms with Gasteiger partial charge in [0.05, 0.1) is 11.9 Å². The number of carbonyl (C=O) groups is 2. The minimum atomic E-state index is -0.276. The van der Waals surface area contributed by atoms with Crippen molar-refractivity contribution in [2.45, 2.75) is 0 Å².